The number of nitrogens with zero attached hydrogens (tertiary/aromatic N) is 1. The normalized spacial score (nSPS) is 17.0. The summed E-state index contributed by atoms with van der Waals surface area (Å²) >= 11 is 0. The maximum absolute atomic E-state index is 12.2. The highest BCUT2D eigenvalue weighted by molar-refractivity contribution is 5.85. The molecule has 22 heavy (non-hydrogen) atoms. The van der Waals surface area contributed by atoms with Gasteiger partial charge in [0.05, 0.1) is 0 Å². The summed E-state index contributed by atoms with van der Waals surface area (Å²) in [4.78, 5) is 14.6. The zero-order valence-electron chi connectivity index (χ0n) is 13.2. The standard InChI is InChI=1S/C16H25N3O.2ClH/c1-3-19-10-8-14(9-11-19)18-16(20)15(17)13-6-4-12(2)5-7-13;;/h4-7,14-15H,3,8-11,17H2,1-2H3,(H,18,20);2*1H. The molecule has 3 N–H and O–H groups in total. The van der Waals surface area contributed by atoms with Crippen molar-refractivity contribution in [2.24, 2.45) is 5.73 Å². The van der Waals surface area contributed by atoms with Crippen molar-refractivity contribution in [1.82, 2.24) is 10.2 Å². The molecule has 1 unspecified atom stereocenters. The second-order valence-electron chi connectivity index (χ2n) is 5.61. The van der Waals surface area contributed by atoms with E-state index in [9.17, 15) is 4.79 Å². The van der Waals surface area contributed by atoms with Crippen LogP contribution in [0.3, 0.4) is 0 Å². The van der Waals surface area contributed by atoms with Crippen LogP contribution in [-0.2, 0) is 4.79 Å². The third-order valence-electron chi connectivity index (χ3n) is 4.10. The van der Waals surface area contributed by atoms with E-state index in [1.165, 1.54) is 5.56 Å². The predicted octanol–water partition coefficient (Wildman–Crippen LogP) is 2.44. The first-order valence-electron chi connectivity index (χ1n) is 7.45. The van der Waals surface area contributed by atoms with Gasteiger partial charge in [-0.05, 0) is 31.9 Å². The molecule has 1 aromatic carbocycles. The molecule has 0 aromatic heterocycles. The van der Waals surface area contributed by atoms with Crippen molar-refractivity contribution in [3.63, 3.8) is 0 Å². The average molecular weight is 348 g/mol. The minimum atomic E-state index is -0.570. The Kier molecular flexibility index (Phi) is 9.69. The Labute approximate surface area is 145 Å². The first-order chi connectivity index (χ1) is 9.60. The Hall–Kier alpha value is -0.810. The van der Waals surface area contributed by atoms with Crippen molar-refractivity contribution in [1.29, 1.82) is 0 Å². The average Bonchev–Trinajstić information content (AvgIpc) is 2.48. The summed E-state index contributed by atoms with van der Waals surface area (Å²) in [7, 11) is 0. The number of amides is 1. The fourth-order valence-corrected chi connectivity index (χ4v) is 2.61. The Balaban J connectivity index is 0.00000220. The SMILES string of the molecule is CCN1CCC(NC(=O)C(N)c2ccc(C)cc2)CC1.Cl.Cl. The molecule has 0 spiro atoms. The Bertz CT molecular complexity index is 445. The van der Waals surface area contributed by atoms with Gasteiger partial charge < -0.3 is 16.0 Å². The summed E-state index contributed by atoms with van der Waals surface area (Å²) in [6.07, 6.45) is 2.03. The summed E-state index contributed by atoms with van der Waals surface area (Å²) in [5.41, 5.74) is 8.09. The van der Waals surface area contributed by atoms with E-state index in [0.717, 1.165) is 38.0 Å². The number of hydrogen-bond acceptors (Lipinski definition) is 3. The zero-order chi connectivity index (χ0) is 14.5. The molecule has 0 aliphatic carbocycles. The van der Waals surface area contributed by atoms with Crippen LogP contribution in [0.25, 0.3) is 0 Å². The fraction of sp³-hybridized carbons (Fsp3) is 0.562. The van der Waals surface area contributed by atoms with Gasteiger partial charge in [-0.15, -0.1) is 24.8 Å². The Morgan fingerprint density at radius 1 is 1.27 bits per heavy atom. The van der Waals surface area contributed by atoms with Gasteiger partial charge in [-0.25, -0.2) is 0 Å². The molecule has 4 nitrogen and oxygen atoms in total. The number of hydrogen-bond donors (Lipinski definition) is 2. The van der Waals surface area contributed by atoms with E-state index in [1.54, 1.807) is 0 Å². The van der Waals surface area contributed by atoms with Crippen LogP contribution in [0.1, 0.15) is 36.9 Å². The van der Waals surface area contributed by atoms with E-state index in [4.69, 9.17) is 5.73 Å². The highest BCUT2D eigenvalue weighted by Crippen LogP contribution is 2.14. The van der Waals surface area contributed by atoms with Gasteiger partial charge in [0.2, 0.25) is 5.91 Å². The quantitative estimate of drug-likeness (QED) is 0.879. The molecule has 1 fully saturated rings. The molecular weight excluding hydrogens is 321 g/mol. The molecule has 1 amide bonds. The molecule has 1 aliphatic heterocycles. The van der Waals surface area contributed by atoms with Crippen molar-refractivity contribution < 1.29 is 4.79 Å². The van der Waals surface area contributed by atoms with E-state index >= 15 is 0 Å². The largest absolute Gasteiger partial charge is 0.352 e. The lowest BCUT2D eigenvalue weighted by Gasteiger charge is -2.32. The number of benzene rings is 1. The summed E-state index contributed by atoms with van der Waals surface area (Å²) in [6.45, 7) is 7.40. The van der Waals surface area contributed by atoms with Crippen LogP contribution in [-0.4, -0.2) is 36.5 Å². The first kappa shape index (κ1) is 21.2. The Morgan fingerprint density at radius 3 is 2.32 bits per heavy atom. The van der Waals surface area contributed by atoms with Crippen molar-refractivity contribution in [2.45, 2.75) is 38.8 Å². The minimum Gasteiger partial charge on any atom is -0.352 e. The van der Waals surface area contributed by atoms with E-state index < -0.39 is 6.04 Å². The van der Waals surface area contributed by atoms with Crippen molar-refractivity contribution in [2.75, 3.05) is 19.6 Å². The summed E-state index contributed by atoms with van der Waals surface area (Å²) in [6, 6.07) is 7.53. The highest BCUT2D eigenvalue weighted by atomic mass is 35.5. The van der Waals surface area contributed by atoms with Crippen molar-refractivity contribution in [3.05, 3.63) is 35.4 Å². The molecule has 1 aliphatic rings. The third-order valence-corrected chi connectivity index (χ3v) is 4.10. The van der Waals surface area contributed by atoms with E-state index in [0.29, 0.717) is 0 Å². The first-order valence-corrected chi connectivity index (χ1v) is 7.45. The molecule has 1 heterocycles. The van der Waals surface area contributed by atoms with Crippen LogP contribution in [0.15, 0.2) is 24.3 Å². The van der Waals surface area contributed by atoms with Crippen LogP contribution < -0.4 is 11.1 Å². The van der Waals surface area contributed by atoms with Gasteiger partial charge in [-0.1, -0.05) is 36.8 Å². The Morgan fingerprint density at radius 2 is 1.82 bits per heavy atom. The van der Waals surface area contributed by atoms with Gasteiger partial charge in [-0.2, -0.15) is 0 Å². The number of nitrogens with two attached hydrogens (primary N) is 1. The van der Waals surface area contributed by atoms with E-state index in [1.807, 2.05) is 31.2 Å². The predicted molar refractivity (Wildman–Crippen MR) is 95.9 cm³/mol. The lowest BCUT2D eigenvalue weighted by molar-refractivity contribution is -0.123. The van der Waals surface area contributed by atoms with Crippen LogP contribution in [0.5, 0.6) is 0 Å². The van der Waals surface area contributed by atoms with Crippen LogP contribution in [0.4, 0.5) is 0 Å². The number of likely N-dealkylation sites (tertiary alicyclic amines) is 1. The van der Waals surface area contributed by atoms with Gasteiger partial charge in [0.1, 0.15) is 6.04 Å². The molecule has 1 saturated heterocycles. The van der Waals surface area contributed by atoms with Crippen LogP contribution in [0.2, 0.25) is 0 Å². The summed E-state index contributed by atoms with van der Waals surface area (Å²) in [5.74, 6) is -0.0659. The fourth-order valence-electron chi connectivity index (χ4n) is 2.61. The minimum absolute atomic E-state index is 0. The number of piperidine rings is 1. The summed E-state index contributed by atoms with van der Waals surface area (Å²) in [5, 5.41) is 3.09. The molecule has 6 heteroatoms. The molecule has 1 aromatic rings. The maximum atomic E-state index is 12.2. The van der Waals surface area contributed by atoms with Gasteiger partial charge in [0, 0.05) is 19.1 Å². The monoisotopic (exact) mass is 347 g/mol. The number of carbonyl (C=O) groups excluding carboxylic acids is 1. The van der Waals surface area contributed by atoms with Crippen LogP contribution >= 0.6 is 24.8 Å². The van der Waals surface area contributed by atoms with Gasteiger partial charge in [-0.3, -0.25) is 4.79 Å². The number of aryl methyl sites for hydroxylation is 1. The number of carbonyl (C=O) groups is 1. The van der Waals surface area contributed by atoms with Gasteiger partial charge >= 0.3 is 0 Å². The number of halogens is 2. The molecule has 0 saturated carbocycles. The second-order valence-corrected chi connectivity index (χ2v) is 5.61. The molecule has 0 bridgehead atoms. The lowest BCUT2D eigenvalue weighted by atomic mass is 10.0. The lowest BCUT2D eigenvalue weighted by Crippen LogP contribution is -2.47. The summed E-state index contributed by atoms with van der Waals surface area (Å²) < 4.78 is 0. The van der Waals surface area contributed by atoms with E-state index in [-0.39, 0.29) is 36.8 Å². The zero-order valence-corrected chi connectivity index (χ0v) is 14.9. The topological polar surface area (TPSA) is 58.4 Å². The molecular formula is C16H27Cl2N3O. The number of rotatable bonds is 4. The molecule has 126 valence electrons. The molecule has 1 atom stereocenters. The van der Waals surface area contributed by atoms with Gasteiger partial charge in [0.25, 0.3) is 0 Å². The maximum Gasteiger partial charge on any atom is 0.241 e. The van der Waals surface area contributed by atoms with E-state index in [2.05, 4.69) is 17.1 Å². The number of nitrogens with one attached hydrogen (secondary N) is 1. The van der Waals surface area contributed by atoms with Gasteiger partial charge in [0.15, 0.2) is 0 Å². The second kappa shape index (κ2) is 10.1. The third kappa shape index (κ3) is 5.76. The molecule has 0 radical (unpaired) electrons. The van der Waals surface area contributed by atoms with Crippen LogP contribution in [0, 0.1) is 6.92 Å². The van der Waals surface area contributed by atoms with Crippen molar-refractivity contribution in [3.8, 4) is 0 Å². The highest BCUT2D eigenvalue weighted by Gasteiger charge is 2.22. The molecule has 2 rings (SSSR count). The van der Waals surface area contributed by atoms with Crippen molar-refractivity contribution >= 4 is 30.7 Å². The smallest absolute Gasteiger partial charge is 0.241 e.